The number of hydrogen-bond acceptors (Lipinski definition) is 3. The number of fused-ring (bicyclic) bond motifs is 1. The first-order valence-corrected chi connectivity index (χ1v) is 8.63. The van der Waals surface area contributed by atoms with Gasteiger partial charge in [0.05, 0.1) is 0 Å². The molecule has 0 aromatic heterocycles. The van der Waals surface area contributed by atoms with E-state index in [0.717, 1.165) is 32.7 Å². The van der Waals surface area contributed by atoms with E-state index in [0.29, 0.717) is 0 Å². The van der Waals surface area contributed by atoms with Crippen molar-refractivity contribution in [2.24, 2.45) is 0 Å². The molecule has 3 nitrogen and oxygen atoms in total. The molecule has 118 valence electrons. The molecule has 1 aromatic rings. The number of anilines is 2. The summed E-state index contributed by atoms with van der Waals surface area (Å²) in [6, 6.07) is 6.72. The van der Waals surface area contributed by atoms with Gasteiger partial charge in [-0.15, -0.1) is 0 Å². The number of rotatable bonds is 8. The zero-order chi connectivity index (χ0) is 15.1. The molecule has 1 N–H and O–H groups in total. The summed E-state index contributed by atoms with van der Waals surface area (Å²) in [5.74, 6) is 0. The summed E-state index contributed by atoms with van der Waals surface area (Å²) in [6.45, 7) is 13.7. The van der Waals surface area contributed by atoms with Crippen LogP contribution in [-0.2, 0) is 6.42 Å². The lowest BCUT2D eigenvalue weighted by atomic mass is 10.0. The molecule has 3 heteroatoms. The second-order valence-corrected chi connectivity index (χ2v) is 5.79. The highest BCUT2D eigenvalue weighted by Crippen LogP contribution is 2.31. The van der Waals surface area contributed by atoms with E-state index in [4.69, 9.17) is 0 Å². The summed E-state index contributed by atoms with van der Waals surface area (Å²) < 4.78 is 0. The Hall–Kier alpha value is -1.22. The molecule has 0 fully saturated rings. The van der Waals surface area contributed by atoms with Gasteiger partial charge in [0.15, 0.2) is 0 Å². The minimum atomic E-state index is 1.09. The van der Waals surface area contributed by atoms with Crippen LogP contribution in [0.4, 0.5) is 11.4 Å². The van der Waals surface area contributed by atoms with E-state index in [1.165, 1.54) is 42.7 Å². The molecule has 0 spiro atoms. The molecule has 1 aromatic carbocycles. The molecule has 1 aliphatic heterocycles. The van der Waals surface area contributed by atoms with Gasteiger partial charge in [-0.3, -0.25) is 0 Å². The minimum Gasteiger partial charge on any atom is -0.385 e. The van der Waals surface area contributed by atoms with E-state index in [1.807, 2.05) is 0 Å². The normalized spacial score (nSPS) is 13.9. The molecule has 2 rings (SSSR count). The fourth-order valence-corrected chi connectivity index (χ4v) is 3.26. The predicted molar refractivity (Wildman–Crippen MR) is 93.5 cm³/mol. The lowest BCUT2D eigenvalue weighted by Gasteiger charge is -2.30. The third kappa shape index (κ3) is 4.13. The van der Waals surface area contributed by atoms with E-state index < -0.39 is 0 Å². The first kappa shape index (κ1) is 16.2. The van der Waals surface area contributed by atoms with Gasteiger partial charge in [-0.25, -0.2) is 0 Å². The second-order valence-electron chi connectivity index (χ2n) is 5.79. The van der Waals surface area contributed by atoms with E-state index in [9.17, 15) is 0 Å². The van der Waals surface area contributed by atoms with Crippen molar-refractivity contribution in [3.8, 4) is 0 Å². The van der Waals surface area contributed by atoms with Crippen LogP contribution in [0, 0.1) is 0 Å². The zero-order valence-electron chi connectivity index (χ0n) is 14.0. The maximum absolute atomic E-state index is 3.54. The van der Waals surface area contributed by atoms with Crippen molar-refractivity contribution in [3.63, 3.8) is 0 Å². The standard InChI is InChI=1S/C18H31N3/c1-4-20(5-2)14-9-15-21(6-3)18-12-7-11-17-16(18)10-8-13-19-17/h7,11-12,19H,4-6,8-10,13-15H2,1-3H3. The summed E-state index contributed by atoms with van der Waals surface area (Å²) in [7, 11) is 0. The lowest BCUT2D eigenvalue weighted by molar-refractivity contribution is 0.300. The smallest absolute Gasteiger partial charge is 0.0419 e. The molecule has 0 radical (unpaired) electrons. The fraction of sp³-hybridized carbons (Fsp3) is 0.667. The molecular formula is C18H31N3. The highest BCUT2D eigenvalue weighted by molar-refractivity contribution is 5.67. The highest BCUT2D eigenvalue weighted by Gasteiger charge is 2.16. The van der Waals surface area contributed by atoms with Gasteiger partial charge in [0.2, 0.25) is 0 Å². The van der Waals surface area contributed by atoms with Gasteiger partial charge >= 0.3 is 0 Å². The number of nitrogens with zero attached hydrogens (tertiary/aromatic N) is 2. The predicted octanol–water partition coefficient (Wildman–Crippen LogP) is 3.60. The van der Waals surface area contributed by atoms with Crippen molar-refractivity contribution in [2.45, 2.75) is 40.0 Å². The third-order valence-electron chi connectivity index (χ3n) is 4.59. The monoisotopic (exact) mass is 289 g/mol. The molecule has 0 amide bonds. The van der Waals surface area contributed by atoms with E-state index in [2.05, 4.69) is 54.1 Å². The van der Waals surface area contributed by atoms with Crippen LogP contribution in [0.15, 0.2) is 18.2 Å². The van der Waals surface area contributed by atoms with Gasteiger partial charge in [-0.05, 0) is 63.5 Å². The minimum absolute atomic E-state index is 1.09. The molecule has 0 saturated heterocycles. The zero-order valence-corrected chi connectivity index (χ0v) is 14.0. The molecular weight excluding hydrogens is 258 g/mol. The highest BCUT2D eigenvalue weighted by atomic mass is 15.1. The van der Waals surface area contributed by atoms with Crippen LogP contribution in [0.3, 0.4) is 0 Å². The number of nitrogens with one attached hydrogen (secondary N) is 1. The molecule has 0 bridgehead atoms. The largest absolute Gasteiger partial charge is 0.385 e. The fourth-order valence-electron chi connectivity index (χ4n) is 3.26. The van der Waals surface area contributed by atoms with E-state index >= 15 is 0 Å². The Labute approximate surface area is 130 Å². The van der Waals surface area contributed by atoms with Crippen LogP contribution in [0.2, 0.25) is 0 Å². The van der Waals surface area contributed by atoms with Crippen molar-refractivity contribution in [1.82, 2.24) is 4.90 Å². The van der Waals surface area contributed by atoms with Gasteiger partial charge in [0.25, 0.3) is 0 Å². The first-order chi connectivity index (χ1) is 10.3. The van der Waals surface area contributed by atoms with Gasteiger partial charge in [0, 0.05) is 31.0 Å². The van der Waals surface area contributed by atoms with Crippen LogP contribution < -0.4 is 10.2 Å². The molecule has 21 heavy (non-hydrogen) atoms. The molecule has 0 unspecified atom stereocenters. The van der Waals surface area contributed by atoms with Crippen molar-refractivity contribution in [2.75, 3.05) is 49.5 Å². The maximum Gasteiger partial charge on any atom is 0.0419 e. The molecule has 0 atom stereocenters. The van der Waals surface area contributed by atoms with Crippen LogP contribution in [-0.4, -0.2) is 44.2 Å². The first-order valence-electron chi connectivity index (χ1n) is 8.63. The Morgan fingerprint density at radius 1 is 1.05 bits per heavy atom. The van der Waals surface area contributed by atoms with E-state index in [-0.39, 0.29) is 0 Å². The van der Waals surface area contributed by atoms with Crippen LogP contribution in [0.25, 0.3) is 0 Å². The summed E-state index contributed by atoms with van der Waals surface area (Å²) >= 11 is 0. The van der Waals surface area contributed by atoms with Crippen molar-refractivity contribution >= 4 is 11.4 Å². The van der Waals surface area contributed by atoms with E-state index in [1.54, 1.807) is 0 Å². The van der Waals surface area contributed by atoms with Gasteiger partial charge in [-0.2, -0.15) is 0 Å². The van der Waals surface area contributed by atoms with Crippen molar-refractivity contribution in [1.29, 1.82) is 0 Å². The Morgan fingerprint density at radius 3 is 2.57 bits per heavy atom. The average Bonchev–Trinajstić information content (AvgIpc) is 2.55. The molecule has 1 heterocycles. The summed E-state index contributed by atoms with van der Waals surface area (Å²) in [5, 5.41) is 3.54. The summed E-state index contributed by atoms with van der Waals surface area (Å²) in [6.07, 6.45) is 3.71. The molecule has 1 aliphatic rings. The van der Waals surface area contributed by atoms with Crippen molar-refractivity contribution < 1.29 is 0 Å². The summed E-state index contributed by atoms with van der Waals surface area (Å²) in [5.41, 5.74) is 4.32. The third-order valence-corrected chi connectivity index (χ3v) is 4.59. The number of benzene rings is 1. The molecule has 0 aliphatic carbocycles. The van der Waals surface area contributed by atoms with Gasteiger partial charge < -0.3 is 15.1 Å². The average molecular weight is 289 g/mol. The van der Waals surface area contributed by atoms with Crippen LogP contribution in [0.5, 0.6) is 0 Å². The Kier molecular flexibility index (Phi) is 6.37. The lowest BCUT2D eigenvalue weighted by Crippen LogP contribution is -2.31. The van der Waals surface area contributed by atoms with Crippen LogP contribution in [0.1, 0.15) is 39.2 Å². The molecule has 0 saturated carbocycles. The van der Waals surface area contributed by atoms with Gasteiger partial charge in [0.1, 0.15) is 0 Å². The number of hydrogen-bond donors (Lipinski definition) is 1. The van der Waals surface area contributed by atoms with Crippen molar-refractivity contribution in [3.05, 3.63) is 23.8 Å². The summed E-state index contributed by atoms with van der Waals surface area (Å²) in [4.78, 5) is 5.06. The maximum atomic E-state index is 3.54. The topological polar surface area (TPSA) is 18.5 Å². The SMILES string of the molecule is CCN(CC)CCCN(CC)c1cccc2c1CCCN2. The van der Waals surface area contributed by atoms with Gasteiger partial charge in [-0.1, -0.05) is 19.9 Å². The Morgan fingerprint density at radius 2 is 1.86 bits per heavy atom. The van der Waals surface area contributed by atoms with Crippen LogP contribution >= 0.6 is 0 Å². The Bertz CT molecular complexity index is 426. The second kappa shape index (κ2) is 8.28. The quantitative estimate of drug-likeness (QED) is 0.789. The Balaban J connectivity index is 2.01.